The van der Waals surface area contributed by atoms with Gasteiger partial charge in [0.1, 0.15) is 0 Å². The molecule has 0 atom stereocenters. The summed E-state index contributed by atoms with van der Waals surface area (Å²) in [5.74, 6) is 1.03. The van der Waals surface area contributed by atoms with Crippen LogP contribution in [0.25, 0.3) is 0 Å². The van der Waals surface area contributed by atoms with E-state index in [4.69, 9.17) is 0 Å². The second kappa shape index (κ2) is 9.53. The molecule has 0 aliphatic heterocycles. The summed E-state index contributed by atoms with van der Waals surface area (Å²) in [6, 6.07) is 27.2. The van der Waals surface area contributed by atoms with Crippen molar-refractivity contribution in [3.63, 3.8) is 0 Å². The van der Waals surface area contributed by atoms with Gasteiger partial charge in [-0.15, -0.1) is 0 Å². The summed E-state index contributed by atoms with van der Waals surface area (Å²) in [6.07, 6.45) is 0. The molecular weight excluding hydrogens is 332 g/mol. The Balaban J connectivity index is 1.67. The van der Waals surface area contributed by atoms with Crippen LogP contribution < -0.4 is 10.6 Å². The van der Waals surface area contributed by atoms with Gasteiger partial charge < -0.3 is 10.6 Å². The molecule has 3 aromatic rings. The van der Waals surface area contributed by atoms with Crippen LogP contribution in [0.1, 0.15) is 28.4 Å². The van der Waals surface area contributed by atoms with Gasteiger partial charge in [-0.3, -0.25) is 9.98 Å². The summed E-state index contributed by atoms with van der Waals surface area (Å²) >= 11 is 0. The average molecular weight is 358 g/mol. The fourth-order valence-corrected chi connectivity index (χ4v) is 3.09. The molecule has 0 bridgehead atoms. The van der Waals surface area contributed by atoms with Crippen molar-refractivity contribution in [1.82, 2.24) is 15.6 Å². The number of aliphatic imine (C=N–C) groups is 1. The van der Waals surface area contributed by atoms with Crippen molar-refractivity contribution < 1.29 is 0 Å². The van der Waals surface area contributed by atoms with Crippen LogP contribution in [0.4, 0.5) is 0 Å². The van der Waals surface area contributed by atoms with E-state index in [1.165, 1.54) is 11.1 Å². The van der Waals surface area contributed by atoms with Gasteiger partial charge in [-0.2, -0.15) is 0 Å². The lowest BCUT2D eigenvalue weighted by Crippen LogP contribution is -2.39. The topological polar surface area (TPSA) is 49.3 Å². The van der Waals surface area contributed by atoms with E-state index in [0.717, 1.165) is 23.9 Å². The molecule has 3 rings (SSSR count). The fraction of sp³-hybridized carbons (Fsp3) is 0.217. The first-order chi connectivity index (χ1) is 13.3. The van der Waals surface area contributed by atoms with Gasteiger partial charge in [-0.25, -0.2) is 0 Å². The molecule has 4 heteroatoms. The lowest BCUT2D eigenvalue weighted by molar-refractivity contribution is 0.724. The van der Waals surface area contributed by atoms with Crippen molar-refractivity contribution in [2.45, 2.75) is 19.4 Å². The molecule has 27 heavy (non-hydrogen) atoms. The van der Waals surface area contributed by atoms with E-state index >= 15 is 0 Å². The Morgan fingerprint density at radius 1 is 0.852 bits per heavy atom. The van der Waals surface area contributed by atoms with Gasteiger partial charge >= 0.3 is 0 Å². The highest BCUT2D eigenvalue weighted by Crippen LogP contribution is 2.23. The van der Waals surface area contributed by atoms with Crippen LogP contribution in [-0.4, -0.2) is 24.5 Å². The molecule has 0 amide bonds. The lowest BCUT2D eigenvalue weighted by Gasteiger charge is -2.20. The molecule has 1 aromatic heterocycles. The number of guanidine groups is 1. The van der Waals surface area contributed by atoms with Crippen LogP contribution in [-0.2, 0) is 6.54 Å². The van der Waals surface area contributed by atoms with Crippen LogP contribution in [0, 0.1) is 6.92 Å². The maximum Gasteiger partial charge on any atom is 0.191 e. The van der Waals surface area contributed by atoms with E-state index in [-0.39, 0.29) is 5.92 Å². The zero-order valence-corrected chi connectivity index (χ0v) is 15.9. The average Bonchev–Trinajstić information content (AvgIpc) is 2.72. The van der Waals surface area contributed by atoms with E-state index in [9.17, 15) is 0 Å². The summed E-state index contributed by atoms with van der Waals surface area (Å²) in [7, 11) is 1.79. The number of pyridine rings is 1. The number of aromatic nitrogens is 1. The normalized spacial score (nSPS) is 11.4. The Morgan fingerprint density at radius 2 is 1.48 bits per heavy atom. The van der Waals surface area contributed by atoms with Crippen LogP contribution in [0.5, 0.6) is 0 Å². The van der Waals surface area contributed by atoms with Gasteiger partial charge in [-0.1, -0.05) is 66.7 Å². The van der Waals surface area contributed by atoms with Crippen molar-refractivity contribution in [1.29, 1.82) is 0 Å². The van der Waals surface area contributed by atoms with Crippen molar-refractivity contribution in [2.24, 2.45) is 4.99 Å². The van der Waals surface area contributed by atoms with Crippen molar-refractivity contribution in [3.05, 3.63) is 101 Å². The summed E-state index contributed by atoms with van der Waals surface area (Å²) in [4.78, 5) is 8.88. The predicted molar refractivity (Wildman–Crippen MR) is 112 cm³/mol. The molecule has 0 aliphatic carbocycles. The van der Waals surface area contributed by atoms with Gasteiger partial charge in [0, 0.05) is 25.2 Å². The summed E-state index contributed by atoms with van der Waals surface area (Å²) in [5, 5.41) is 6.81. The van der Waals surface area contributed by atoms with Crippen LogP contribution in [0.3, 0.4) is 0 Å². The first kappa shape index (κ1) is 18.6. The minimum absolute atomic E-state index is 0.253. The Labute approximate surface area is 161 Å². The van der Waals surface area contributed by atoms with E-state index < -0.39 is 0 Å². The molecule has 1 heterocycles. The molecule has 0 spiro atoms. The monoisotopic (exact) mass is 358 g/mol. The van der Waals surface area contributed by atoms with E-state index in [0.29, 0.717) is 6.54 Å². The van der Waals surface area contributed by atoms with Gasteiger partial charge in [-0.05, 0) is 30.2 Å². The second-order valence-corrected chi connectivity index (χ2v) is 6.45. The molecule has 0 unspecified atom stereocenters. The quantitative estimate of drug-likeness (QED) is 0.519. The Bertz CT molecular complexity index is 820. The number of benzene rings is 2. The summed E-state index contributed by atoms with van der Waals surface area (Å²) < 4.78 is 0. The minimum atomic E-state index is 0.253. The minimum Gasteiger partial charge on any atom is -0.355 e. The summed E-state index contributed by atoms with van der Waals surface area (Å²) in [6.45, 7) is 3.40. The molecule has 0 saturated heterocycles. The molecule has 0 saturated carbocycles. The molecule has 0 fully saturated rings. The van der Waals surface area contributed by atoms with E-state index in [2.05, 4.69) is 69.1 Å². The van der Waals surface area contributed by atoms with Crippen molar-refractivity contribution in [2.75, 3.05) is 13.6 Å². The highest BCUT2D eigenvalue weighted by atomic mass is 15.2. The predicted octanol–water partition coefficient (Wildman–Crippen LogP) is 3.89. The zero-order valence-electron chi connectivity index (χ0n) is 15.9. The fourth-order valence-electron chi connectivity index (χ4n) is 3.09. The first-order valence-electron chi connectivity index (χ1n) is 9.23. The smallest absolute Gasteiger partial charge is 0.191 e. The Hall–Kier alpha value is -3.14. The third kappa shape index (κ3) is 5.42. The molecule has 0 radical (unpaired) electrons. The van der Waals surface area contributed by atoms with Gasteiger partial charge in [0.05, 0.1) is 12.2 Å². The second-order valence-electron chi connectivity index (χ2n) is 6.45. The van der Waals surface area contributed by atoms with Crippen molar-refractivity contribution >= 4 is 5.96 Å². The largest absolute Gasteiger partial charge is 0.355 e. The van der Waals surface area contributed by atoms with Gasteiger partial charge in [0.25, 0.3) is 0 Å². The maximum atomic E-state index is 4.52. The Kier molecular flexibility index (Phi) is 6.58. The third-order valence-electron chi connectivity index (χ3n) is 4.48. The first-order valence-corrected chi connectivity index (χ1v) is 9.23. The lowest BCUT2D eigenvalue weighted by atomic mass is 9.91. The van der Waals surface area contributed by atoms with Gasteiger partial charge in [0.15, 0.2) is 5.96 Å². The summed E-state index contributed by atoms with van der Waals surface area (Å²) in [5.41, 5.74) is 4.59. The zero-order chi connectivity index (χ0) is 18.9. The number of aryl methyl sites for hydroxylation is 1. The van der Waals surface area contributed by atoms with Gasteiger partial charge in [0.2, 0.25) is 0 Å². The van der Waals surface area contributed by atoms with Crippen LogP contribution in [0.2, 0.25) is 0 Å². The highest BCUT2D eigenvalue weighted by molar-refractivity contribution is 5.79. The van der Waals surface area contributed by atoms with E-state index in [1.807, 2.05) is 37.3 Å². The standard InChI is InChI=1S/C23H26N4/c1-18-10-9-15-21(27-18)16-25-23(24-2)26-17-22(19-11-5-3-6-12-19)20-13-7-4-8-14-20/h3-15,22H,16-17H2,1-2H3,(H2,24,25,26). The number of hydrogen-bond acceptors (Lipinski definition) is 2. The Morgan fingerprint density at radius 3 is 2.04 bits per heavy atom. The third-order valence-corrected chi connectivity index (χ3v) is 4.48. The number of nitrogens with one attached hydrogen (secondary N) is 2. The molecule has 0 aliphatic rings. The molecule has 4 nitrogen and oxygen atoms in total. The van der Waals surface area contributed by atoms with E-state index in [1.54, 1.807) is 7.05 Å². The van der Waals surface area contributed by atoms with Crippen LogP contribution >= 0.6 is 0 Å². The number of rotatable bonds is 6. The molecule has 2 N–H and O–H groups in total. The highest BCUT2D eigenvalue weighted by Gasteiger charge is 2.14. The molecular formula is C23H26N4. The maximum absolute atomic E-state index is 4.52. The molecule has 138 valence electrons. The number of hydrogen-bond donors (Lipinski definition) is 2. The SMILES string of the molecule is CN=C(NCc1cccc(C)n1)NCC(c1ccccc1)c1ccccc1. The van der Waals surface area contributed by atoms with Crippen LogP contribution in [0.15, 0.2) is 83.9 Å². The molecule has 2 aromatic carbocycles. The van der Waals surface area contributed by atoms with Crippen molar-refractivity contribution in [3.8, 4) is 0 Å². The number of nitrogens with zero attached hydrogens (tertiary/aromatic N) is 2.